The van der Waals surface area contributed by atoms with E-state index in [0.29, 0.717) is 0 Å². The first-order valence-electron chi connectivity index (χ1n) is 4.55. The van der Waals surface area contributed by atoms with Crippen molar-refractivity contribution in [2.24, 2.45) is 0 Å². The standard InChI is InChI=1S/C6H12N4.4BrH.Pb/c1-7-2-9-4-8(1)5-10(3-7)6-9;;;;;/h1-6H2;4*1H;/q;;;;;+4/p-4. The molecule has 0 unspecified atom stereocenters. The molecule has 4 rings (SSSR count). The van der Waals surface area contributed by atoms with E-state index in [1.807, 2.05) is 0 Å². The molecule has 0 aromatic carbocycles. The molecule has 0 aromatic heterocycles. The van der Waals surface area contributed by atoms with Gasteiger partial charge in [-0.2, -0.15) is 0 Å². The summed E-state index contributed by atoms with van der Waals surface area (Å²) >= 11 is 11.4. The minimum absolute atomic E-state index is 1.19. The zero-order valence-electron chi connectivity index (χ0n) is 8.04. The van der Waals surface area contributed by atoms with Crippen LogP contribution in [0.1, 0.15) is 0 Å². The second-order valence-electron chi connectivity index (χ2n) is 3.96. The molecule has 0 atom stereocenters. The van der Waals surface area contributed by atoms with Crippen LogP contribution >= 0.6 is 47.9 Å². The molecule has 4 aliphatic rings. The Morgan fingerprint density at radius 1 is 0.533 bits per heavy atom. The molecule has 15 heavy (non-hydrogen) atoms. The van der Waals surface area contributed by atoms with E-state index in [4.69, 9.17) is 0 Å². The van der Waals surface area contributed by atoms with Crippen LogP contribution in [0.4, 0.5) is 0 Å². The van der Waals surface area contributed by atoms with E-state index in [2.05, 4.69) is 67.5 Å². The molecule has 4 fully saturated rings. The van der Waals surface area contributed by atoms with Crippen molar-refractivity contribution in [2.45, 2.75) is 0 Å². The van der Waals surface area contributed by atoms with Crippen LogP contribution in [-0.4, -0.2) is 71.2 Å². The van der Waals surface area contributed by atoms with Gasteiger partial charge in [0, 0.05) is 0 Å². The zero-order chi connectivity index (χ0) is 11.1. The number of hydrogen-bond donors (Lipinski definition) is 0. The van der Waals surface area contributed by atoms with E-state index in [1.54, 1.807) is 0 Å². The van der Waals surface area contributed by atoms with Crippen LogP contribution in [0.25, 0.3) is 0 Å². The van der Waals surface area contributed by atoms with Crippen LogP contribution in [0.3, 0.4) is 0 Å². The maximum absolute atomic E-state index is 3.35. The Morgan fingerprint density at radius 3 is 0.800 bits per heavy atom. The molecule has 4 saturated heterocycles. The monoisotopic (exact) mass is 664 g/mol. The summed E-state index contributed by atoms with van der Waals surface area (Å²) in [5.41, 5.74) is 0. The van der Waals surface area contributed by atoms with Gasteiger partial charge in [0.1, 0.15) is 0 Å². The van der Waals surface area contributed by atoms with Gasteiger partial charge in [0.05, 0.1) is 40.0 Å². The summed E-state index contributed by atoms with van der Waals surface area (Å²) in [7, 11) is 0. The quantitative estimate of drug-likeness (QED) is 0.367. The summed E-state index contributed by atoms with van der Waals surface area (Å²) in [6.07, 6.45) is 0. The Kier molecular flexibility index (Phi) is 5.42. The van der Waals surface area contributed by atoms with Gasteiger partial charge < -0.3 is 0 Å². The Morgan fingerprint density at radius 2 is 0.667 bits per heavy atom. The summed E-state index contributed by atoms with van der Waals surface area (Å²) in [6.45, 7) is 7.12. The predicted octanol–water partition coefficient (Wildman–Crippen LogP) is 1.98. The first-order valence-corrected chi connectivity index (χ1v) is 38.3. The molecule has 0 N–H and O–H groups in total. The Bertz CT molecular complexity index is 173. The van der Waals surface area contributed by atoms with Crippen molar-refractivity contribution >= 4 is 59.5 Å². The Hall–Kier alpha value is 2.68. The van der Waals surface area contributed by atoms with Gasteiger partial charge in [0.15, 0.2) is 0 Å². The molecule has 9 heteroatoms. The van der Waals surface area contributed by atoms with Gasteiger partial charge in [0.2, 0.25) is 0 Å². The first kappa shape index (κ1) is 14.1. The third-order valence-corrected chi connectivity index (χ3v) is 2.40. The molecule has 0 spiro atoms. The Labute approximate surface area is 117 Å². The van der Waals surface area contributed by atoms with E-state index < -0.39 is 11.5 Å². The number of rotatable bonds is 0. The number of halogens is 4. The van der Waals surface area contributed by atoms with Crippen LogP contribution in [0, 0.1) is 0 Å². The summed E-state index contributed by atoms with van der Waals surface area (Å²) < 4.78 is 0. The van der Waals surface area contributed by atoms with E-state index >= 15 is 0 Å². The van der Waals surface area contributed by atoms with Gasteiger partial charge in [-0.25, -0.2) is 0 Å². The van der Waals surface area contributed by atoms with E-state index in [9.17, 15) is 0 Å². The van der Waals surface area contributed by atoms with E-state index in [0.717, 1.165) is 0 Å². The molecule has 4 bridgehead atoms. The fourth-order valence-electron chi connectivity index (χ4n) is 2.23. The van der Waals surface area contributed by atoms with Gasteiger partial charge in [-0.1, -0.05) is 0 Å². The molecular weight excluding hydrogens is 655 g/mol. The minimum atomic E-state index is -2.03. The van der Waals surface area contributed by atoms with Crippen molar-refractivity contribution in [1.82, 2.24) is 19.6 Å². The second kappa shape index (κ2) is 5.76. The van der Waals surface area contributed by atoms with Gasteiger partial charge >= 0.3 is 59.5 Å². The maximum atomic E-state index is 3.35. The van der Waals surface area contributed by atoms with Crippen LogP contribution in [-0.2, 0) is 0 Å². The van der Waals surface area contributed by atoms with Crippen molar-refractivity contribution in [1.29, 1.82) is 0 Å². The number of nitrogens with zero attached hydrogens (tertiary/aromatic N) is 4. The van der Waals surface area contributed by atoms with E-state index in [-0.39, 0.29) is 0 Å². The van der Waals surface area contributed by atoms with Gasteiger partial charge in [0.25, 0.3) is 0 Å². The molecule has 0 aliphatic carbocycles. The van der Waals surface area contributed by atoms with Crippen molar-refractivity contribution < 1.29 is 0 Å². The van der Waals surface area contributed by atoms with Gasteiger partial charge in [-0.3, -0.25) is 19.6 Å². The molecule has 4 aliphatic heterocycles. The Balaban J connectivity index is 0.000000149. The SMILES string of the molecule is C1N2CN3CN1CN(C2)C3.[Br][Pb]([Br])([Br])[Br]. The van der Waals surface area contributed by atoms with Crippen molar-refractivity contribution in [3.8, 4) is 0 Å². The van der Waals surface area contributed by atoms with Crippen molar-refractivity contribution in [3.63, 3.8) is 0 Å². The van der Waals surface area contributed by atoms with Crippen molar-refractivity contribution in [3.05, 3.63) is 0 Å². The van der Waals surface area contributed by atoms with E-state index in [1.165, 1.54) is 40.0 Å². The fourth-order valence-corrected chi connectivity index (χ4v) is 2.23. The first-order chi connectivity index (χ1) is 6.90. The summed E-state index contributed by atoms with van der Waals surface area (Å²) in [5.74, 6) is 0. The average Bonchev–Trinajstić information content (AvgIpc) is 1.96. The zero-order valence-corrected chi connectivity index (χ0v) is 18.3. The normalized spacial score (nSPS) is 42.4. The third kappa shape index (κ3) is 5.05. The topological polar surface area (TPSA) is 13.0 Å². The van der Waals surface area contributed by atoms with Crippen LogP contribution in [0.15, 0.2) is 0 Å². The molecular formula is C6H12Br4N4Pb. The molecule has 88 valence electrons. The second-order valence-corrected chi connectivity index (χ2v) is 105. The van der Waals surface area contributed by atoms with Crippen molar-refractivity contribution in [2.75, 3.05) is 40.0 Å². The average molecular weight is 667 g/mol. The van der Waals surface area contributed by atoms with Gasteiger partial charge in [-0.15, -0.1) is 0 Å². The number of hydrogen-bond acceptors (Lipinski definition) is 4. The molecule has 0 aromatic rings. The summed E-state index contributed by atoms with van der Waals surface area (Å²) in [4.78, 5) is 9.88. The molecule has 0 saturated carbocycles. The van der Waals surface area contributed by atoms with Crippen LogP contribution in [0.5, 0.6) is 0 Å². The molecule has 0 amide bonds. The third-order valence-electron chi connectivity index (χ3n) is 2.40. The van der Waals surface area contributed by atoms with Gasteiger partial charge in [-0.05, 0) is 0 Å². The van der Waals surface area contributed by atoms with Crippen LogP contribution < -0.4 is 0 Å². The molecule has 0 radical (unpaired) electrons. The fraction of sp³-hybridized carbons (Fsp3) is 1.00. The van der Waals surface area contributed by atoms with Crippen LogP contribution in [0.2, 0.25) is 0 Å². The summed E-state index contributed by atoms with van der Waals surface area (Å²) in [6, 6.07) is 0. The predicted molar refractivity (Wildman–Crippen MR) is 78.0 cm³/mol. The molecule has 4 heterocycles. The molecule has 4 nitrogen and oxygen atoms in total. The summed E-state index contributed by atoms with van der Waals surface area (Å²) in [5, 5.41) is 0.